The van der Waals surface area contributed by atoms with Crippen molar-refractivity contribution in [3.8, 4) is 5.75 Å². The summed E-state index contributed by atoms with van der Waals surface area (Å²) in [6.45, 7) is 0.681. The third kappa shape index (κ3) is 2.51. The molecule has 0 aromatic carbocycles. The maximum Gasteiger partial charge on any atom is 0.204 e. The molecule has 18 heavy (non-hydrogen) atoms. The second kappa shape index (κ2) is 5.63. The van der Waals surface area contributed by atoms with Crippen molar-refractivity contribution < 1.29 is 4.74 Å². The molecule has 1 N–H and O–H groups in total. The number of hydrogen-bond donors (Lipinski definition) is 1. The Morgan fingerprint density at radius 2 is 2.22 bits per heavy atom. The van der Waals surface area contributed by atoms with E-state index in [2.05, 4.69) is 20.3 Å². The molecule has 2 heterocycles. The van der Waals surface area contributed by atoms with Crippen molar-refractivity contribution in [3.05, 3.63) is 22.9 Å². The first-order valence-corrected chi connectivity index (χ1v) is 6.35. The fraction of sp³-hybridized carbons (Fsp3) is 0.364. The molecule has 0 radical (unpaired) electrons. The molecule has 0 aliphatic heterocycles. The summed E-state index contributed by atoms with van der Waals surface area (Å²) < 4.78 is 5.36. The minimum Gasteiger partial charge on any atom is -0.490 e. The molecule has 6 nitrogen and oxygen atoms in total. The van der Waals surface area contributed by atoms with Crippen molar-refractivity contribution in [2.24, 2.45) is 0 Å². The minimum absolute atomic E-state index is 0.637. The lowest BCUT2D eigenvalue weighted by Crippen LogP contribution is -2.19. The first-order valence-electron chi connectivity index (χ1n) is 5.41. The molecule has 0 aliphatic rings. The molecule has 7 heteroatoms. The topological polar surface area (TPSA) is 63.2 Å². The average Bonchev–Trinajstić information content (AvgIpc) is 2.90. The van der Waals surface area contributed by atoms with Crippen LogP contribution in [0.15, 0.2) is 17.2 Å². The van der Waals surface area contributed by atoms with Crippen LogP contribution in [0, 0.1) is 0 Å². The van der Waals surface area contributed by atoms with Gasteiger partial charge in [-0.05, 0) is 0 Å². The van der Waals surface area contributed by atoms with Crippen LogP contribution in [0.1, 0.15) is 5.69 Å². The van der Waals surface area contributed by atoms with Crippen molar-refractivity contribution in [1.82, 2.24) is 15.0 Å². The maximum absolute atomic E-state index is 5.36. The van der Waals surface area contributed by atoms with Gasteiger partial charge in [-0.15, -0.1) is 11.3 Å². The Bertz CT molecular complexity index is 502. The molecular formula is C11H15N5OS. The van der Waals surface area contributed by atoms with Crippen LogP contribution in [0.25, 0.3) is 0 Å². The zero-order valence-corrected chi connectivity index (χ0v) is 11.4. The molecule has 0 unspecified atom stereocenters. The number of aromatic nitrogens is 3. The first-order chi connectivity index (χ1) is 8.76. The Hall–Kier alpha value is -1.89. The van der Waals surface area contributed by atoms with E-state index < -0.39 is 0 Å². The molecule has 0 atom stereocenters. The fourth-order valence-electron chi connectivity index (χ4n) is 1.64. The zero-order valence-electron chi connectivity index (χ0n) is 10.5. The Balaban J connectivity index is 2.26. The number of nitrogens with zero attached hydrogens (tertiary/aromatic N) is 4. The molecule has 0 spiro atoms. The number of thiazole rings is 1. The van der Waals surface area contributed by atoms with Crippen LogP contribution in [0.4, 0.5) is 11.6 Å². The van der Waals surface area contributed by atoms with Crippen molar-refractivity contribution in [3.63, 3.8) is 0 Å². The van der Waals surface area contributed by atoms with E-state index in [4.69, 9.17) is 4.74 Å². The molecule has 0 bridgehead atoms. The van der Waals surface area contributed by atoms with Crippen molar-refractivity contribution in [2.75, 3.05) is 31.4 Å². The number of hydrogen-bond acceptors (Lipinski definition) is 7. The highest BCUT2D eigenvalue weighted by molar-refractivity contribution is 7.07. The van der Waals surface area contributed by atoms with Gasteiger partial charge in [0.1, 0.15) is 6.33 Å². The normalized spacial score (nSPS) is 10.2. The van der Waals surface area contributed by atoms with Crippen LogP contribution in [0.3, 0.4) is 0 Å². The fourth-order valence-corrected chi connectivity index (χ4v) is 2.19. The summed E-state index contributed by atoms with van der Waals surface area (Å²) in [5.41, 5.74) is 2.83. The number of ether oxygens (including phenoxy) is 1. The SMILES string of the molecule is CNc1ncnc(N(C)Cc2cscn2)c1OC. The smallest absolute Gasteiger partial charge is 0.204 e. The maximum atomic E-state index is 5.36. The predicted octanol–water partition coefficient (Wildman–Crippen LogP) is 1.62. The van der Waals surface area contributed by atoms with Gasteiger partial charge in [0.05, 0.1) is 24.9 Å². The van der Waals surface area contributed by atoms with Crippen LogP contribution in [-0.2, 0) is 6.54 Å². The first kappa shape index (κ1) is 12.6. The van der Waals surface area contributed by atoms with Crippen molar-refractivity contribution in [2.45, 2.75) is 6.54 Å². The molecule has 0 saturated carbocycles. The summed E-state index contributed by atoms with van der Waals surface area (Å²) in [7, 11) is 5.36. The Morgan fingerprint density at radius 3 is 2.83 bits per heavy atom. The van der Waals surface area contributed by atoms with Gasteiger partial charge in [0.15, 0.2) is 11.6 Å². The van der Waals surface area contributed by atoms with Crippen LogP contribution in [0.2, 0.25) is 0 Å². The van der Waals surface area contributed by atoms with Crippen molar-refractivity contribution in [1.29, 1.82) is 0 Å². The molecule has 96 valence electrons. The third-order valence-corrected chi connectivity index (χ3v) is 3.11. The highest BCUT2D eigenvalue weighted by Crippen LogP contribution is 2.31. The van der Waals surface area contributed by atoms with Gasteiger partial charge >= 0.3 is 0 Å². The molecule has 2 rings (SSSR count). The lowest BCUT2D eigenvalue weighted by atomic mass is 10.4. The lowest BCUT2D eigenvalue weighted by Gasteiger charge is -2.20. The molecule has 0 aliphatic carbocycles. The van der Waals surface area contributed by atoms with Gasteiger partial charge in [-0.1, -0.05) is 0 Å². The van der Waals surface area contributed by atoms with Crippen molar-refractivity contribution >= 4 is 23.0 Å². The summed E-state index contributed by atoms with van der Waals surface area (Å²) in [5.74, 6) is 2.05. The standard InChI is InChI=1S/C11H15N5OS/c1-12-10-9(17-3)11(14-6-13-10)16(2)4-8-5-18-7-15-8/h5-7H,4H2,1-3H3,(H,12,13,14). The molecule has 2 aromatic heterocycles. The Kier molecular flexibility index (Phi) is 3.93. The van der Waals surface area contributed by atoms with Gasteiger partial charge < -0.3 is 15.0 Å². The quantitative estimate of drug-likeness (QED) is 0.886. The van der Waals surface area contributed by atoms with E-state index in [1.165, 1.54) is 6.33 Å². The molecular weight excluding hydrogens is 250 g/mol. The highest BCUT2D eigenvalue weighted by Gasteiger charge is 2.15. The summed E-state index contributed by atoms with van der Waals surface area (Å²) in [6.07, 6.45) is 1.52. The second-order valence-electron chi connectivity index (χ2n) is 3.66. The van der Waals surface area contributed by atoms with Gasteiger partial charge in [-0.25, -0.2) is 15.0 Å². The Labute approximate surface area is 110 Å². The molecule has 0 amide bonds. The van der Waals surface area contributed by atoms with Gasteiger partial charge in [0.25, 0.3) is 0 Å². The highest BCUT2D eigenvalue weighted by atomic mass is 32.1. The monoisotopic (exact) mass is 265 g/mol. The number of nitrogens with one attached hydrogen (secondary N) is 1. The summed E-state index contributed by atoms with van der Waals surface area (Å²) in [6, 6.07) is 0. The third-order valence-electron chi connectivity index (χ3n) is 2.47. The molecule has 0 fully saturated rings. The summed E-state index contributed by atoms with van der Waals surface area (Å²) in [4.78, 5) is 14.6. The minimum atomic E-state index is 0.637. The number of anilines is 2. The van der Waals surface area contributed by atoms with Gasteiger partial charge in [0.2, 0.25) is 5.75 Å². The lowest BCUT2D eigenvalue weighted by molar-refractivity contribution is 0.413. The van der Waals surface area contributed by atoms with E-state index in [1.54, 1.807) is 25.5 Å². The van der Waals surface area contributed by atoms with E-state index in [0.29, 0.717) is 18.1 Å². The van der Waals surface area contributed by atoms with E-state index in [9.17, 15) is 0 Å². The largest absolute Gasteiger partial charge is 0.490 e. The van der Waals surface area contributed by atoms with E-state index in [0.717, 1.165) is 11.5 Å². The van der Waals surface area contributed by atoms with Crippen LogP contribution in [0.5, 0.6) is 5.75 Å². The van der Waals surface area contributed by atoms with Crippen LogP contribution in [-0.4, -0.2) is 36.2 Å². The van der Waals surface area contributed by atoms with Gasteiger partial charge in [-0.3, -0.25) is 0 Å². The van der Waals surface area contributed by atoms with Gasteiger partial charge in [-0.2, -0.15) is 0 Å². The van der Waals surface area contributed by atoms with Gasteiger partial charge in [0, 0.05) is 19.5 Å². The molecule has 0 saturated heterocycles. The van der Waals surface area contributed by atoms with E-state index >= 15 is 0 Å². The second-order valence-corrected chi connectivity index (χ2v) is 4.38. The average molecular weight is 265 g/mol. The van der Waals surface area contributed by atoms with E-state index in [1.807, 2.05) is 22.8 Å². The summed E-state index contributed by atoms with van der Waals surface area (Å²) >= 11 is 1.58. The van der Waals surface area contributed by atoms with Crippen LogP contribution >= 0.6 is 11.3 Å². The summed E-state index contributed by atoms with van der Waals surface area (Å²) in [5, 5.41) is 5.00. The van der Waals surface area contributed by atoms with E-state index in [-0.39, 0.29) is 0 Å². The van der Waals surface area contributed by atoms with Crippen LogP contribution < -0.4 is 15.0 Å². The number of rotatable bonds is 5. The Morgan fingerprint density at radius 1 is 1.39 bits per heavy atom. The number of methoxy groups -OCH3 is 1. The predicted molar refractivity (Wildman–Crippen MR) is 72.4 cm³/mol. The molecule has 2 aromatic rings. The zero-order chi connectivity index (χ0) is 13.0.